The topological polar surface area (TPSA) is 43.4 Å². The van der Waals surface area contributed by atoms with Gasteiger partial charge in [-0.05, 0) is 26.2 Å². The van der Waals surface area contributed by atoms with E-state index in [0.29, 0.717) is 12.8 Å². The van der Waals surface area contributed by atoms with Gasteiger partial charge in [-0.15, -0.1) is 0 Å². The number of ketones is 1. The third kappa shape index (κ3) is 2.65. The monoisotopic (exact) mass is 250 g/mol. The predicted molar refractivity (Wildman–Crippen MR) is 68.9 cm³/mol. The zero-order valence-corrected chi connectivity index (χ0v) is 11.4. The van der Waals surface area contributed by atoms with Crippen molar-refractivity contribution in [2.45, 2.75) is 52.6 Å². The largest absolute Gasteiger partial charge is 0.462 e. The maximum atomic E-state index is 11.9. The molecule has 1 heterocycles. The summed E-state index contributed by atoms with van der Waals surface area (Å²) in [5, 5.41) is 0. The van der Waals surface area contributed by atoms with Gasteiger partial charge in [-0.2, -0.15) is 0 Å². The third-order valence-corrected chi connectivity index (χ3v) is 4.42. The molecule has 2 aliphatic rings. The summed E-state index contributed by atoms with van der Waals surface area (Å²) in [4.78, 5) is 23.6. The van der Waals surface area contributed by atoms with Gasteiger partial charge in [0, 0.05) is 18.3 Å². The zero-order chi connectivity index (χ0) is 13.3. The highest BCUT2D eigenvalue weighted by Crippen LogP contribution is 2.36. The zero-order valence-electron chi connectivity index (χ0n) is 11.4. The van der Waals surface area contributed by atoms with Crippen molar-refractivity contribution >= 4 is 11.8 Å². The van der Waals surface area contributed by atoms with Crippen molar-refractivity contribution < 1.29 is 14.3 Å². The fourth-order valence-electron chi connectivity index (χ4n) is 2.95. The number of hydrogen-bond donors (Lipinski definition) is 0. The summed E-state index contributed by atoms with van der Waals surface area (Å²) >= 11 is 0. The molecule has 0 aromatic carbocycles. The summed E-state index contributed by atoms with van der Waals surface area (Å²) in [6.07, 6.45) is 5.14. The summed E-state index contributed by atoms with van der Waals surface area (Å²) in [6, 6.07) is 0. The first-order chi connectivity index (χ1) is 8.49. The van der Waals surface area contributed by atoms with Gasteiger partial charge in [0.15, 0.2) is 0 Å². The van der Waals surface area contributed by atoms with Crippen LogP contribution >= 0.6 is 0 Å². The molecule has 0 spiro atoms. The van der Waals surface area contributed by atoms with E-state index in [1.54, 1.807) is 0 Å². The van der Waals surface area contributed by atoms with Crippen molar-refractivity contribution in [3.8, 4) is 0 Å². The normalized spacial score (nSPS) is 37.8. The van der Waals surface area contributed by atoms with E-state index in [9.17, 15) is 9.59 Å². The van der Waals surface area contributed by atoms with Crippen LogP contribution in [0.3, 0.4) is 0 Å². The van der Waals surface area contributed by atoms with Gasteiger partial charge in [0.2, 0.25) is 0 Å². The van der Waals surface area contributed by atoms with Crippen LogP contribution in [0, 0.1) is 17.8 Å². The van der Waals surface area contributed by atoms with E-state index in [1.807, 2.05) is 19.9 Å². The standard InChI is InChI=1S/C15H22O3/c1-9-4-6-12-11(3)15(17)18-14(12)8-10(2)13(16)7-5-9/h5,10-12,14H,4,6-8H2,1-3H3/t10-,11+,12-,14+/m0/s1. The molecular weight excluding hydrogens is 228 g/mol. The Kier molecular flexibility index (Phi) is 3.88. The van der Waals surface area contributed by atoms with E-state index in [0.717, 1.165) is 12.8 Å². The Balaban J connectivity index is 2.19. The summed E-state index contributed by atoms with van der Waals surface area (Å²) in [7, 11) is 0. The van der Waals surface area contributed by atoms with Crippen molar-refractivity contribution in [2.75, 3.05) is 0 Å². The minimum Gasteiger partial charge on any atom is -0.462 e. The Bertz CT molecular complexity index is 383. The summed E-state index contributed by atoms with van der Waals surface area (Å²) in [5.41, 5.74) is 1.25. The van der Waals surface area contributed by atoms with E-state index < -0.39 is 0 Å². The number of carbonyl (C=O) groups is 2. The first-order valence-electron chi connectivity index (χ1n) is 6.88. The number of ether oxygens (including phenoxy) is 1. The predicted octanol–water partition coefficient (Wildman–Crippen LogP) is 2.89. The number of carbonyl (C=O) groups excluding carboxylic acids is 2. The average molecular weight is 250 g/mol. The first-order valence-corrected chi connectivity index (χ1v) is 6.88. The Morgan fingerprint density at radius 3 is 2.72 bits per heavy atom. The molecule has 1 saturated heterocycles. The second kappa shape index (κ2) is 5.25. The lowest BCUT2D eigenvalue weighted by atomic mass is 9.81. The van der Waals surface area contributed by atoms with Gasteiger partial charge in [-0.1, -0.05) is 25.5 Å². The molecule has 0 aromatic rings. The number of Topliss-reactive ketones (excluding diaryl/α,β-unsaturated/α-hetero) is 1. The molecule has 0 bridgehead atoms. The van der Waals surface area contributed by atoms with Gasteiger partial charge in [0.1, 0.15) is 11.9 Å². The van der Waals surface area contributed by atoms with Crippen LogP contribution < -0.4 is 0 Å². The molecule has 18 heavy (non-hydrogen) atoms. The van der Waals surface area contributed by atoms with Crippen molar-refractivity contribution in [3.63, 3.8) is 0 Å². The number of rotatable bonds is 0. The second-order valence-corrected chi connectivity index (χ2v) is 5.82. The summed E-state index contributed by atoms with van der Waals surface area (Å²) in [6.45, 7) is 5.96. The van der Waals surface area contributed by atoms with Crippen LogP contribution in [-0.4, -0.2) is 17.9 Å². The first kappa shape index (κ1) is 13.3. The van der Waals surface area contributed by atoms with Crippen molar-refractivity contribution in [1.82, 2.24) is 0 Å². The number of esters is 1. The molecule has 3 heteroatoms. The van der Waals surface area contributed by atoms with Crippen molar-refractivity contribution in [2.24, 2.45) is 17.8 Å². The maximum Gasteiger partial charge on any atom is 0.309 e. The molecule has 0 radical (unpaired) electrons. The second-order valence-electron chi connectivity index (χ2n) is 5.82. The van der Waals surface area contributed by atoms with Gasteiger partial charge < -0.3 is 4.74 Å². The van der Waals surface area contributed by atoms with Gasteiger partial charge in [-0.25, -0.2) is 0 Å². The van der Waals surface area contributed by atoms with E-state index >= 15 is 0 Å². The van der Waals surface area contributed by atoms with Gasteiger partial charge in [0.25, 0.3) is 0 Å². The number of allylic oxidation sites excluding steroid dienone is 2. The molecule has 0 aromatic heterocycles. The molecule has 100 valence electrons. The molecule has 1 fully saturated rings. The van der Waals surface area contributed by atoms with E-state index in [2.05, 4.69) is 6.92 Å². The van der Waals surface area contributed by atoms with Crippen LogP contribution in [0.5, 0.6) is 0 Å². The van der Waals surface area contributed by atoms with Crippen LogP contribution in [0.4, 0.5) is 0 Å². The Labute approximate surface area is 109 Å². The van der Waals surface area contributed by atoms with Crippen LogP contribution in [0.15, 0.2) is 11.6 Å². The maximum absolute atomic E-state index is 11.9. The van der Waals surface area contributed by atoms with Crippen molar-refractivity contribution in [1.29, 1.82) is 0 Å². The quantitative estimate of drug-likeness (QED) is 0.490. The molecule has 3 nitrogen and oxygen atoms in total. The van der Waals surface area contributed by atoms with Crippen molar-refractivity contribution in [3.05, 3.63) is 11.6 Å². The third-order valence-electron chi connectivity index (χ3n) is 4.42. The van der Waals surface area contributed by atoms with Crippen LogP contribution in [0.1, 0.15) is 46.5 Å². The highest BCUT2D eigenvalue weighted by atomic mass is 16.6. The fourth-order valence-corrected chi connectivity index (χ4v) is 2.95. The average Bonchev–Trinajstić information content (AvgIpc) is 2.59. The van der Waals surface area contributed by atoms with E-state index in [-0.39, 0.29) is 35.6 Å². The van der Waals surface area contributed by atoms with E-state index in [4.69, 9.17) is 4.74 Å². The minimum atomic E-state index is -0.0921. The lowest BCUT2D eigenvalue weighted by Gasteiger charge is -2.23. The molecule has 0 saturated carbocycles. The Morgan fingerprint density at radius 1 is 1.28 bits per heavy atom. The van der Waals surface area contributed by atoms with Gasteiger partial charge >= 0.3 is 5.97 Å². The molecule has 1 aliphatic heterocycles. The molecular formula is C15H22O3. The van der Waals surface area contributed by atoms with Crippen LogP contribution in [0.25, 0.3) is 0 Å². The van der Waals surface area contributed by atoms with Gasteiger partial charge in [-0.3, -0.25) is 9.59 Å². The lowest BCUT2D eigenvalue weighted by Crippen LogP contribution is -2.25. The lowest BCUT2D eigenvalue weighted by molar-refractivity contribution is -0.145. The molecule has 1 aliphatic carbocycles. The highest BCUT2D eigenvalue weighted by Gasteiger charge is 2.42. The number of fused-ring (bicyclic) bond motifs is 1. The smallest absolute Gasteiger partial charge is 0.309 e. The number of hydrogen-bond acceptors (Lipinski definition) is 3. The molecule has 0 amide bonds. The molecule has 2 rings (SSSR count). The molecule has 4 atom stereocenters. The molecule has 0 N–H and O–H groups in total. The highest BCUT2D eigenvalue weighted by molar-refractivity contribution is 5.82. The minimum absolute atomic E-state index is 0.0160. The van der Waals surface area contributed by atoms with E-state index in [1.165, 1.54) is 5.57 Å². The fraction of sp³-hybridized carbons (Fsp3) is 0.733. The summed E-state index contributed by atoms with van der Waals surface area (Å²) in [5.74, 6) is 0.396. The molecule has 0 unspecified atom stereocenters. The summed E-state index contributed by atoms with van der Waals surface area (Å²) < 4.78 is 5.45. The SMILES string of the molecule is CC1=CCC(=O)[C@@H](C)C[C@H]2OC(=O)[C@H](C)[C@@H]2CC1. The Hall–Kier alpha value is -1.12. The van der Waals surface area contributed by atoms with Crippen LogP contribution in [0.2, 0.25) is 0 Å². The van der Waals surface area contributed by atoms with Crippen LogP contribution in [-0.2, 0) is 14.3 Å². The van der Waals surface area contributed by atoms with Gasteiger partial charge in [0.05, 0.1) is 5.92 Å². The Morgan fingerprint density at radius 2 is 2.00 bits per heavy atom.